The van der Waals surface area contributed by atoms with E-state index in [1.165, 1.54) is 0 Å². The number of nitrogens with one attached hydrogen (secondary N) is 2. The van der Waals surface area contributed by atoms with Gasteiger partial charge < -0.3 is 10.6 Å². The number of nitrogens with zero attached hydrogens (tertiary/aromatic N) is 1. The summed E-state index contributed by atoms with van der Waals surface area (Å²) >= 11 is 0. The molecule has 17 heavy (non-hydrogen) atoms. The van der Waals surface area contributed by atoms with Crippen molar-refractivity contribution in [3.63, 3.8) is 0 Å². The number of hydrogen-bond donors (Lipinski definition) is 2. The Morgan fingerprint density at radius 2 is 2.29 bits per heavy atom. The maximum atomic E-state index is 11.6. The summed E-state index contributed by atoms with van der Waals surface area (Å²) < 4.78 is 0. The van der Waals surface area contributed by atoms with Crippen molar-refractivity contribution >= 4 is 11.7 Å². The van der Waals surface area contributed by atoms with Crippen LogP contribution in [0.4, 0.5) is 10.5 Å². The SMILES string of the molecule is CCC(CC#N)NC(=O)Nc1cccc(C)c1. The lowest BCUT2D eigenvalue weighted by atomic mass is 10.2. The van der Waals surface area contributed by atoms with E-state index < -0.39 is 0 Å². The van der Waals surface area contributed by atoms with Crippen molar-refractivity contribution < 1.29 is 4.79 Å². The van der Waals surface area contributed by atoms with Crippen molar-refractivity contribution in [3.05, 3.63) is 29.8 Å². The molecule has 1 aromatic rings. The fraction of sp³-hybridized carbons (Fsp3) is 0.385. The third-order valence-electron chi connectivity index (χ3n) is 2.44. The van der Waals surface area contributed by atoms with E-state index in [2.05, 4.69) is 16.7 Å². The second-order valence-corrected chi connectivity index (χ2v) is 3.94. The molecule has 0 bridgehead atoms. The number of rotatable bonds is 4. The predicted octanol–water partition coefficient (Wildman–Crippen LogP) is 2.81. The van der Waals surface area contributed by atoms with Crippen LogP contribution in [-0.4, -0.2) is 12.1 Å². The maximum absolute atomic E-state index is 11.6. The van der Waals surface area contributed by atoms with Crippen LogP contribution < -0.4 is 10.6 Å². The quantitative estimate of drug-likeness (QED) is 0.836. The zero-order chi connectivity index (χ0) is 12.7. The van der Waals surface area contributed by atoms with Gasteiger partial charge in [0, 0.05) is 11.7 Å². The van der Waals surface area contributed by atoms with Crippen LogP contribution in [0, 0.1) is 18.3 Å². The van der Waals surface area contributed by atoms with Gasteiger partial charge in [0.15, 0.2) is 0 Å². The smallest absolute Gasteiger partial charge is 0.319 e. The molecular formula is C13H17N3O. The first-order valence-corrected chi connectivity index (χ1v) is 5.66. The Balaban J connectivity index is 2.52. The lowest BCUT2D eigenvalue weighted by Gasteiger charge is -2.14. The number of carbonyl (C=O) groups excluding carboxylic acids is 1. The van der Waals surface area contributed by atoms with E-state index in [9.17, 15) is 4.79 Å². The highest BCUT2D eigenvalue weighted by atomic mass is 16.2. The minimum absolute atomic E-state index is 0.0928. The van der Waals surface area contributed by atoms with E-state index in [1.807, 2.05) is 38.1 Å². The van der Waals surface area contributed by atoms with Gasteiger partial charge in [-0.05, 0) is 31.0 Å². The number of hydrogen-bond acceptors (Lipinski definition) is 2. The van der Waals surface area contributed by atoms with Gasteiger partial charge >= 0.3 is 6.03 Å². The van der Waals surface area contributed by atoms with E-state index in [0.29, 0.717) is 6.42 Å². The minimum atomic E-state index is -0.266. The molecule has 0 aliphatic rings. The fourth-order valence-electron chi connectivity index (χ4n) is 1.48. The average molecular weight is 231 g/mol. The van der Waals surface area contributed by atoms with Crippen LogP contribution in [0.2, 0.25) is 0 Å². The molecule has 1 unspecified atom stereocenters. The van der Waals surface area contributed by atoms with Gasteiger partial charge in [-0.2, -0.15) is 5.26 Å². The molecule has 4 nitrogen and oxygen atoms in total. The number of urea groups is 1. The second kappa shape index (κ2) is 6.54. The van der Waals surface area contributed by atoms with Crippen molar-refractivity contribution in [2.75, 3.05) is 5.32 Å². The zero-order valence-electron chi connectivity index (χ0n) is 10.2. The molecule has 1 atom stereocenters. The molecular weight excluding hydrogens is 214 g/mol. The molecule has 2 amide bonds. The highest BCUT2D eigenvalue weighted by Crippen LogP contribution is 2.09. The molecule has 0 saturated heterocycles. The third-order valence-corrected chi connectivity index (χ3v) is 2.44. The Morgan fingerprint density at radius 1 is 1.53 bits per heavy atom. The lowest BCUT2D eigenvalue weighted by Crippen LogP contribution is -2.37. The lowest BCUT2D eigenvalue weighted by molar-refractivity contribution is 0.248. The first kappa shape index (κ1) is 13.0. The molecule has 90 valence electrons. The molecule has 0 aliphatic heterocycles. The van der Waals surface area contributed by atoms with Crippen molar-refractivity contribution in [3.8, 4) is 6.07 Å². The van der Waals surface area contributed by atoms with Crippen LogP contribution in [0.15, 0.2) is 24.3 Å². The molecule has 0 spiro atoms. The average Bonchev–Trinajstić information content (AvgIpc) is 2.28. The van der Waals surface area contributed by atoms with Crippen LogP contribution in [-0.2, 0) is 0 Å². The van der Waals surface area contributed by atoms with Gasteiger partial charge in [0.1, 0.15) is 0 Å². The number of benzene rings is 1. The Hall–Kier alpha value is -2.02. The molecule has 0 radical (unpaired) electrons. The van der Waals surface area contributed by atoms with E-state index in [4.69, 9.17) is 5.26 Å². The summed E-state index contributed by atoms with van der Waals surface area (Å²) in [7, 11) is 0. The van der Waals surface area contributed by atoms with Crippen LogP contribution in [0.5, 0.6) is 0 Å². The van der Waals surface area contributed by atoms with Crippen molar-refractivity contribution in [1.29, 1.82) is 5.26 Å². The summed E-state index contributed by atoms with van der Waals surface area (Å²) in [6.07, 6.45) is 1.08. The predicted molar refractivity (Wildman–Crippen MR) is 67.6 cm³/mol. The summed E-state index contributed by atoms with van der Waals surface area (Å²) in [5.41, 5.74) is 1.85. The molecule has 1 rings (SSSR count). The molecule has 0 fully saturated rings. The van der Waals surface area contributed by atoms with Crippen molar-refractivity contribution in [1.82, 2.24) is 5.32 Å². The van der Waals surface area contributed by atoms with E-state index in [1.54, 1.807) is 0 Å². The third kappa shape index (κ3) is 4.56. The highest BCUT2D eigenvalue weighted by molar-refractivity contribution is 5.89. The first-order chi connectivity index (χ1) is 8.15. The number of carbonyl (C=O) groups is 1. The number of anilines is 1. The standard InChI is InChI=1S/C13H17N3O/c1-3-11(7-8-14)15-13(17)16-12-6-4-5-10(2)9-12/h4-6,9,11H,3,7H2,1-2H3,(H2,15,16,17). The largest absolute Gasteiger partial charge is 0.334 e. The van der Waals surface area contributed by atoms with Crippen LogP contribution in [0.1, 0.15) is 25.3 Å². The summed E-state index contributed by atoms with van der Waals surface area (Å²) in [4.78, 5) is 11.6. The van der Waals surface area contributed by atoms with Crippen LogP contribution in [0.3, 0.4) is 0 Å². The van der Waals surface area contributed by atoms with Gasteiger partial charge in [0.2, 0.25) is 0 Å². The topological polar surface area (TPSA) is 64.9 Å². The fourth-order valence-corrected chi connectivity index (χ4v) is 1.48. The van der Waals surface area contributed by atoms with Gasteiger partial charge in [-0.15, -0.1) is 0 Å². The molecule has 1 aromatic carbocycles. The Morgan fingerprint density at radius 3 is 2.88 bits per heavy atom. The molecule has 0 saturated carbocycles. The molecule has 0 aliphatic carbocycles. The molecule has 0 aromatic heterocycles. The van der Waals surface area contributed by atoms with Gasteiger partial charge in [-0.1, -0.05) is 19.1 Å². The van der Waals surface area contributed by atoms with E-state index in [0.717, 1.165) is 17.7 Å². The normalized spacial score (nSPS) is 11.4. The van der Waals surface area contributed by atoms with Gasteiger partial charge in [0.05, 0.1) is 12.5 Å². The maximum Gasteiger partial charge on any atom is 0.319 e. The summed E-state index contributed by atoms with van der Waals surface area (Å²) in [5.74, 6) is 0. The number of aryl methyl sites for hydroxylation is 1. The second-order valence-electron chi connectivity index (χ2n) is 3.94. The van der Waals surface area contributed by atoms with Gasteiger partial charge in [-0.3, -0.25) is 0 Å². The van der Waals surface area contributed by atoms with E-state index >= 15 is 0 Å². The minimum Gasteiger partial charge on any atom is -0.334 e. The van der Waals surface area contributed by atoms with Crippen molar-refractivity contribution in [2.45, 2.75) is 32.7 Å². The number of amides is 2. The monoisotopic (exact) mass is 231 g/mol. The Labute approximate surface area is 102 Å². The first-order valence-electron chi connectivity index (χ1n) is 5.66. The Bertz CT molecular complexity index is 423. The Kier molecular flexibility index (Phi) is 5.02. The summed E-state index contributed by atoms with van der Waals surface area (Å²) in [5, 5.41) is 14.1. The van der Waals surface area contributed by atoms with E-state index in [-0.39, 0.29) is 12.1 Å². The van der Waals surface area contributed by atoms with Crippen molar-refractivity contribution in [2.24, 2.45) is 0 Å². The van der Waals surface area contributed by atoms with Gasteiger partial charge in [-0.25, -0.2) is 4.79 Å². The number of nitriles is 1. The summed E-state index contributed by atoms with van der Waals surface area (Å²) in [6, 6.07) is 9.27. The highest BCUT2D eigenvalue weighted by Gasteiger charge is 2.09. The molecule has 4 heteroatoms. The summed E-state index contributed by atoms with van der Waals surface area (Å²) in [6.45, 7) is 3.91. The van der Waals surface area contributed by atoms with Crippen LogP contribution >= 0.6 is 0 Å². The molecule has 2 N–H and O–H groups in total. The molecule has 0 heterocycles. The van der Waals surface area contributed by atoms with Crippen LogP contribution in [0.25, 0.3) is 0 Å². The van der Waals surface area contributed by atoms with Gasteiger partial charge in [0.25, 0.3) is 0 Å². The zero-order valence-corrected chi connectivity index (χ0v) is 10.2.